The Bertz CT molecular complexity index is 764. The quantitative estimate of drug-likeness (QED) is 0.356. The number of carbonyl (C=O) groups is 1. The molecule has 1 aromatic heterocycles. The van der Waals surface area contributed by atoms with Crippen LogP contribution in [0, 0.1) is 11.8 Å². The third-order valence-corrected chi connectivity index (χ3v) is 6.99. The van der Waals surface area contributed by atoms with Crippen molar-refractivity contribution in [2.75, 3.05) is 13.2 Å². The van der Waals surface area contributed by atoms with Crippen molar-refractivity contribution in [2.45, 2.75) is 95.4 Å². The van der Waals surface area contributed by atoms with E-state index < -0.39 is 18.0 Å². The largest absolute Gasteiger partial charge is 0.481 e. The van der Waals surface area contributed by atoms with Crippen LogP contribution < -0.4 is 0 Å². The second kappa shape index (κ2) is 12.7. The highest BCUT2D eigenvalue weighted by Crippen LogP contribution is 2.43. The van der Waals surface area contributed by atoms with Gasteiger partial charge in [0.15, 0.2) is 12.6 Å². The molecule has 1 aliphatic carbocycles. The minimum Gasteiger partial charge on any atom is -0.481 e. The Morgan fingerprint density at radius 3 is 2.53 bits per heavy atom. The molecule has 4 rings (SSSR count). The van der Waals surface area contributed by atoms with Gasteiger partial charge in [-0.05, 0) is 63.2 Å². The Balaban J connectivity index is 1.52. The van der Waals surface area contributed by atoms with Gasteiger partial charge >= 0.3 is 5.97 Å². The average Bonchev–Trinajstić information content (AvgIpc) is 3.45. The average molecular weight is 479 g/mol. The molecule has 0 aromatic carbocycles. The van der Waals surface area contributed by atoms with Crippen LogP contribution in [0.4, 0.5) is 0 Å². The van der Waals surface area contributed by atoms with Gasteiger partial charge in [0.2, 0.25) is 0 Å². The number of carboxylic acid groups (broad SMARTS) is 1. The van der Waals surface area contributed by atoms with E-state index in [2.05, 4.69) is 0 Å². The number of aliphatic carboxylic acids is 1. The topological polar surface area (TPSA) is 108 Å². The van der Waals surface area contributed by atoms with E-state index in [1.165, 1.54) is 0 Å². The molecular formula is C26H38O8. The number of ether oxygens (including phenoxy) is 4. The van der Waals surface area contributed by atoms with Crippen molar-refractivity contribution in [3.63, 3.8) is 0 Å². The van der Waals surface area contributed by atoms with Crippen LogP contribution in [0.15, 0.2) is 34.6 Å². The molecule has 190 valence electrons. The first-order valence-corrected chi connectivity index (χ1v) is 12.8. The summed E-state index contributed by atoms with van der Waals surface area (Å²) in [5, 5.41) is 20.4. The molecule has 1 aromatic rings. The summed E-state index contributed by atoms with van der Waals surface area (Å²) >= 11 is 0. The van der Waals surface area contributed by atoms with E-state index in [-0.39, 0.29) is 31.0 Å². The first-order chi connectivity index (χ1) is 16.6. The molecule has 2 saturated heterocycles. The fourth-order valence-electron chi connectivity index (χ4n) is 5.28. The molecule has 1 saturated carbocycles. The highest BCUT2D eigenvalue weighted by molar-refractivity contribution is 5.67. The van der Waals surface area contributed by atoms with E-state index >= 15 is 0 Å². The fourth-order valence-corrected chi connectivity index (χ4v) is 5.28. The van der Waals surface area contributed by atoms with Gasteiger partial charge < -0.3 is 33.6 Å². The molecule has 0 spiro atoms. The summed E-state index contributed by atoms with van der Waals surface area (Å²) < 4.78 is 29.8. The van der Waals surface area contributed by atoms with Gasteiger partial charge in [-0.15, -0.1) is 0 Å². The Morgan fingerprint density at radius 1 is 1.12 bits per heavy atom. The number of aliphatic hydroxyl groups excluding tert-OH is 1. The molecule has 0 bridgehead atoms. The summed E-state index contributed by atoms with van der Waals surface area (Å²) in [6.07, 6.45) is 10.2. The number of aliphatic hydroxyl groups is 1. The molecule has 2 unspecified atom stereocenters. The number of allylic oxidation sites excluding steroid dienone is 1. The van der Waals surface area contributed by atoms with Crippen LogP contribution in [0.25, 0.3) is 0 Å². The predicted octanol–water partition coefficient (Wildman–Crippen LogP) is 4.41. The Morgan fingerprint density at radius 2 is 1.88 bits per heavy atom. The second-order valence-corrected chi connectivity index (χ2v) is 9.55. The summed E-state index contributed by atoms with van der Waals surface area (Å²) in [6.45, 7) is 1.31. The van der Waals surface area contributed by atoms with Crippen LogP contribution in [-0.4, -0.2) is 54.2 Å². The number of rotatable bonds is 11. The number of hydrogen-bond acceptors (Lipinski definition) is 7. The summed E-state index contributed by atoms with van der Waals surface area (Å²) in [4.78, 5) is 11.7. The Labute approximate surface area is 201 Å². The SMILES string of the molecule is O=C(O)C[C@@H]1[C@@H](C(=CCCCc2ccco2)OC2CCCCO2)[C@H](OC2CCCCO2)C[C@@H]1O. The van der Waals surface area contributed by atoms with Crippen molar-refractivity contribution in [2.24, 2.45) is 11.8 Å². The maximum atomic E-state index is 11.7. The standard InChI is InChI=1S/C26H38O8/c27-20-17-22(34-25-12-4-6-14-32-25)26(19(20)16-23(28)29)21(33-24-11-3-5-13-31-24)10-2-1-8-18-9-7-15-30-18/h7,9-10,15,19-20,22,24-27H,1-6,8,11-14,16-17H2,(H,28,29)/t19-,20-,22+,24?,25?,26-/m0/s1. The zero-order valence-electron chi connectivity index (χ0n) is 19.8. The normalized spacial score (nSPS) is 32.6. The molecule has 8 nitrogen and oxygen atoms in total. The third kappa shape index (κ3) is 7.07. The predicted molar refractivity (Wildman–Crippen MR) is 123 cm³/mol. The smallest absolute Gasteiger partial charge is 0.303 e. The molecule has 3 fully saturated rings. The van der Waals surface area contributed by atoms with E-state index in [0.717, 1.165) is 63.5 Å². The molecule has 0 radical (unpaired) electrons. The molecule has 3 aliphatic rings. The Kier molecular flexibility index (Phi) is 9.44. The highest BCUT2D eigenvalue weighted by Gasteiger charge is 2.48. The van der Waals surface area contributed by atoms with E-state index in [1.807, 2.05) is 18.2 Å². The highest BCUT2D eigenvalue weighted by atomic mass is 16.7. The maximum absolute atomic E-state index is 11.7. The van der Waals surface area contributed by atoms with Crippen molar-refractivity contribution >= 4 is 5.97 Å². The molecule has 3 heterocycles. The van der Waals surface area contributed by atoms with Crippen molar-refractivity contribution in [3.05, 3.63) is 36.0 Å². The fraction of sp³-hybridized carbons (Fsp3) is 0.731. The van der Waals surface area contributed by atoms with Gasteiger partial charge in [-0.3, -0.25) is 4.79 Å². The lowest BCUT2D eigenvalue weighted by Crippen LogP contribution is -2.35. The number of hydrogen-bond donors (Lipinski definition) is 2. The molecule has 2 N–H and O–H groups in total. The summed E-state index contributed by atoms with van der Waals surface area (Å²) in [6, 6.07) is 3.84. The van der Waals surface area contributed by atoms with Crippen LogP contribution in [0.5, 0.6) is 0 Å². The van der Waals surface area contributed by atoms with Crippen LogP contribution in [0.3, 0.4) is 0 Å². The maximum Gasteiger partial charge on any atom is 0.303 e. The first kappa shape index (κ1) is 25.2. The second-order valence-electron chi connectivity index (χ2n) is 9.55. The van der Waals surface area contributed by atoms with E-state index in [9.17, 15) is 15.0 Å². The lowest BCUT2D eigenvalue weighted by molar-refractivity contribution is -0.201. The van der Waals surface area contributed by atoms with Gasteiger partial charge in [-0.25, -0.2) is 0 Å². The van der Waals surface area contributed by atoms with E-state index in [0.29, 0.717) is 25.4 Å². The van der Waals surface area contributed by atoms with Crippen LogP contribution in [0.2, 0.25) is 0 Å². The number of carboxylic acids is 1. The van der Waals surface area contributed by atoms with Gasteiger partial charge in [0, 0.05) is 37.7 Å². The molecule has 34 heavy (non-hydrogen) atoms. The van der Waals surface area contributed by atoms with Crippen LogP contribution >= 0.6 is 0 Å². The summed E-state index contributed by atoms with van der Waals surface area (Å²) in [5.74, 6) is -0.191. The number of aryl methyl sites for hydroxylation is 1. The minimum absolute atomic E-state index is 0.143. The molecule has 2 aliphatic heterocycles. The lowest BCUT2D eigenvalue weighted by atomic mass is 9.88. The van der Waals surface area contributed by atoms with E-state index in [4.69, 9.17) is 23.4 Å². The number of unbranched alkanes of at least 4 members (excludes halogenated alkanes) is 1. The van der Waals surface area contributed by atoms with Crippen molar-refractivity contribution in [1.82, 2.24) is 0 Å². The third-order valence-electron chi connectivity index (χ3n) is 6.99. The monoisotopic (exact) mass is 478 g/mol. The van der Waals surface area contributed by atoms with Crippen molar-refractivity contribution < 1.29 is 38.4 Å². The zero-order valence-corrected chi connectivity index (χ0v) is 19.8. The Hall–Kier alpha value is -1.87. The number of furan rings is 1. The molecular weight excluding hydrogens is 440 g/mol. The van der Waals surface area contributed by atoms with Gasteiger partial charge in [0.05, 0.1) is 31.5 Å². The van der Waals surface area contributed by atoms with Crippen LogP contribution in [-0.2, 0) is 30.2 Å². The van der Waals surface area contributed by atoms with Crippen LogP contribution in [0.1, 0.15) is 70.0 Å². The summed E-state index contributed by atoms with van der Waals surface area (Å²) in [5.41, 5.74) is 0. The molecule has 6 atom stereocenters. The van der Waals surface area contributed by atoms with Crippen molar-refractivity contribution in [3.8, 4) is 0 Å². The van der Waals surface area contributed by atoms with Gasteiger partial charge in [-0.2, -0.15) is 0 Å². The summed E-state index contributed by atoms with van der Waals surface area (Å²) in [7, 11) is 0. The zero-order chi connectivity index (χ0) is 23.8. The van der Waals surface area contributed by atoms with Gasteiger partial charge in [-0.1, -0.05) is 0 Å². The van der Waals surface area contributed by atoms with Gasteiger partial charge in [0.1, 0.15) is 11.5 Å². The molecule has 8 heteroatoms. The molecule has 0 amide bonds. The first-order valence-electron chi connectivity index (χ1n) is 12.8. The minimum atomic E-state index is -0.935. The van der Waals surface area contributed by atoms with E-state index in [1.54, 1.807) is 6.26 Å². The van der Waals surface area contributed by atoms with Gasteiger partial charge in [0.25, 0.3) is 0 Å². The lowest BCUT2D eigenvalue weighted by Gasteiger charge is -2.33. The van der Waals surface area contributed by atoms with Crippen molar-refractivity contribution in [1.29, 1.82) is 0 Å².